The smallest absolute Gasteiger partial charge is 0.0260 e. The number of rotatable bonds is 1. The van der Waals surface area contributed by atoms with Crippen molar-refractivity contribution in [3.8, 4) is 0 Å². The first-order valence-corrected chi connectivity index (χ1v) is 3.19. The normalized spacial score (nSPS) is 7.80. The molecule has 0 nitrogen and oxygen atoms in total. The van der Waals surface area contributed by atoms with Crippen molar-refractivity contribution in [2.24, 2.45) is 5.92 Å². The summed E-state index contributed by atoms with van der Waals surface area (Å²) in [5.41, 5.74) is 2.98. The molecule has 0 heterocycles. The molecule has 0 saturated heterocycles. The van der Waals surface area contributed by atoms with Gasteiger partial charge < -0.3 is 0 Å². The summed E-state index contributed by atoms with van der Waals surface area (Å²) < 4.78 is 0. The predicted octanol–water partition coefficient (Wildman–Crippen LogP) is 4.27. The van der Waals surface area contributed by atoms with Gasteiger partial charge in [0.2, 0.25) is 0 Å². The highest BCUT2D eigenvalue weighted by Gasteiger charge is 1.95. The van der Waals surface area contributed by atoms with E-state index in [1.54, 1.807) is 0 Å². The molecule has 0 rings (SSSR count). The van der Waals surface area contributed by atoms with Crippen LogP contribution in [0, 0.1) is 5.92 Å². The molecule has 0 amide bonds. The van der Waals surface area contributed by atoms with Gasteiger partial charge in [0, 0.05) is 0 Å². The number of hydrogen-bond donors (Lipinski definition) is 0. The summed E-state index contributed by atoms with van der Waals surface area (Å²) in [6.07, 6.45) is 0. The second kappa shape index (κ2) is 6.85. The van der Waals surface area contributed by atoms with Crippen molar-refractivity contribution in [1.82, 2.24) is 0 Å². The Kier molecular flexibility index (Phi) is 11.2. The zero-order chi connectivity index (χ0) is 6.73. The van der Waals surface area contributed by atoms with Gasteiger partial charge in [-0.1, -0.05) is 39.8 Å². The molecule has 0 unspecified atom stereocenters. The van der Waals surface area contributed by atoms with Gasteiger partial charge in [0.15, 0.2) is 0 Å². The Labute approximate surface area is 67.3 Å². The van der Waals surface area contributed by atoms with Gasteiger partial charge in [-0.15, -0.1) is 0 Å². The van der Waals surface area contributed by atoms with Crippen molar-refractivity contribution in [2.45, 2.75) is 49.5 Å². The van der Waals surface area contributed by atoms with Gasteiger partial charge in [0.05, 0.1) is 0 Å². The van der Waals surface area contributed by atoms with Crippen LogP contribution in [0.25, 0.3) is 0 Å². The Morgan fingerprint density at radius 3 is 1.20 bits per heavy atom. The predicted molar refractivity (Wildman–Crippen MR) is 52.3 cm³/mol. The highest BCUT2D eigenvalue weighted by atomic mass is 14.0. The first kappa shape index (κ1) is 16.4. The topological polar surface area (TPSA) is 0 Å². The molecule has 0 heteroatoms. The molecule has 0 saturated carbocycles. The fraction of sp³-hybridized carbons (Fsp3) is 0.800. The van der Waals surface area contributed by atoms with Crippen LogP contribution in [-0.2, 0) is 0 Å². The molecule has 0 aromatic rings. The molecule has 0 aliphatic rings. The minimum Gasteiger partial charge on any atom is -0.0776 e. The Hall–Kier alpha value is -0.260. The fourth-order valence-corrected chi connectivity index (χ4v) is 0.577. The zero-order valence-electron chi connectivity index (χ0n) is 6.58. The van der Waals surface area contributed by atoms with E-state index in [9.17, 15) is 0 Å². The average Bonchev–Trinajstić information content (AvgIpc) is 1.64. The quantitative estimate of drug-likeness (QED) is 0.482. The maximum absolute atomic E-state index is 2.22. The van der Waals surface area contributed by atoms with Crippen LogP contribution in [-0.4, -0.2) is 0 Å². The highest BCUT2D eigenvalue weighted by molar-refractivity contribution is 5.08. The maximum Gasteiger partial charge on any atom is -0.0260 e. The van der Waals surface area contributed by atoms with Gasteiger partial charge in [-0.3, -0.25) is 0 Å². The third-order valence-corrected chi connectivity index (χ3v) is 1.65. The minimum atomic E-state index is 0. The van der Waals surface area contributed by atoms with Crippen LogP contribution in [0.4, 0.5) is 0 Å². The van der Waals surface area contributed by atoms with Gasteiger partial charge in [-0.25, -0.2) is 0 Å². The summed E-state index contributed by atoms with van der Waals surface area (Å²) in [7, 11) is 0. The van der Waals surface area contributed by atoms with E-state index in [2.05, 4.69) is 34.6 Å². The monoisotopic (exact) mass is 144 g/mol. The van der Waals surface area contributed by atoms with Crippen molar-refractivity contribution in [3.05, 3.63) is 11.1 Å². The van der Waals surface area contributed by atoms with E-state index in [1.807, 2.05) is 0 Å². The largest absolute Gasteiger partial charge is 0.0776 e. The van der Waals surface area contributed by atoms with Gasteiger partial charge >= 0.3 is 0 Å². The molecule has 0 fully saturated rings. The average molecular weight is 144 g/mol. The fourth-order valence-electron chi connectivity index (χ4n) is 0.577. The Bertz CT molecular complexity index is 92.6. The molecule has 0 aromatic carbocycles. The molecule has 64 valence electrons. The summed E-state index contributed by atoms with van der Waals surface area (Å²) in [4.78, 5) is 0. The van der Waals surface area contributed by atoms with E-state index >= 15 is 0 Å². The van der Waals surface area contributed by atoms with E-state index in [0.717, 1.165) is 5.92 Å². The molecule has 0 bridgehead atoms. The summed E-state index contributed by atoms with van der Waals surface area (Å²) >= 11 is 0. The minimum absolute atomic E-state index is 0. The molecular weight excluding hydrogens is 120 g/mol. The summed E-state index contributed by atoms with van der Waals surface area (Å²) in [6.45, 7) is 11.0. The lowest BCUT2D eigenvalue weighted by Crippen LogP contribution is -1.89. The Balaban J connectivity index is -0.000000245. The standard InChI is InChI=1S/C8H16.2CH4/c1-6(2)8(5)7(3)4;;/h6H,1-5H3;2*1H4. The van der Waals surface area contributed by atoms with Crippen LogP contribution in [0.1, 0.15) is 49.5 Å². The Morgan fingerprint density at radius 1 is 0.900 bits per heavy atom. The van der Waals surface area contributed by atoms with E-state index in [-0.39, 0.29) is 14.9 Å². The molecule has 10 heavy (non-hydrogen) atoms. The van der Waals surface area contributed by atoms with Crippen molar-refractivity contribution in [1.29, 1.82) is 0 Å². The number of allylic oxidation sites excluding steroid dienone is 2. The van der Waals surface area contributed by atoms with E-state index in [4.69, 9.17) is 0 Å². The van der Waals surface area contributed by atoms with Crippen LogP contribution in [0.5, 0.6) is 0 Å². The van der Waals surface area contributed by atoms with E-state index < -0.39 is 0 Å². The lowest BCUT2D eigenvalue weighted by molar-refractivity contribution is 0.756. The molecule has 0 N–H and O–H groups in total. The van der Waals surface area contributed by atoms with E-state index in [1.165, 1.54) is 11.1 Å². The molecule has 0 aliphatic heterocycles. The maximum atomic E-state index is 2.22. The molecule has 0 aromatic heterocycles. The van der Waals surface area contributed by atoms with Gasteiger partial charge in [0.1, 0.15) is 0 Å². The Morgan fingerprint density at radius 2 is 1.20 bits per heavy atom. The van der Waals surface area contributed by atoms with Crippen LogP contribution >= 0.6 is 0 Å². The second-order valence-corrected chi connectivity index (χ2v) is 2.84. The SMILES string of the molecule is C.C.CC(C)=C(C)C(C)C. The summed E-state index contributed by atoms with van der Waals surface area (Å²) in [5.74, 6) is 0.722. The molecular formula is C10H24. The van der Waals surface area contributed by atoms with Crippen LogP contribution in [0.2, 0.25) is 0 Å². The third-order valence-electron chi connectivity index (χ3n) is 1.65. The van der Waals surface area contributed by atoms with Crippen molar-refractivity contribution in [2.75, 3.05) is 0 Å². The third kappa shape index (κ3) is 5.87. The van der Waals surface area contributed by atoms with E-state index in [0.29, 0.717) is 0 Å². The number of hydrogen-bond acceptors (Lipinski definition) is 0. The second-order valence-electron chi connectivity index (χ2n) is 2.84. The van der Waals surface area contributed by atoms with Gasteiger partial charge in [-0.05, 0) is 26.7 Å². The van der Waals surface area contributed by atoms with Crippen LogP contribution < -0.4 is 0 Å². The van der Waals surface area contributed by atoms with Crippen molar-refractivity contribution in [3.63, 3.8) is 0 Å². The van der Waals surface area contributed by atoms with Crippen LogP contribution in [0.15, 0.2) is 11.1 Å². The first-order chi connectivity index (χ1) is 3.55. The molecule has 0 spiro atoms. The highest BCUT2D eigenvalue weighted by Crippen LogP contribution is 2.11. The first-order valence-electron chi connectivity index (χ1n) is 3.19. The summed E-state index contributed by atoms with van der Waals surface area (Å²) in [6, 6.07) is 0. The lowest BCUT2D eigenvalue weighted by atomic mass is 10.0. The molecule has 0 aliphatic carbocycles. The summed E-state index contributed by atoms with van der Waals surface area (Å²) in [5, 5.41) is 0. The van der Waals surface area contributed by atoms with Gasteiger partial charge in [0.25, 0.3) is 0 Å². The van der Waals surface area contributed by atoms with Crippen molar-refractivity contribution >= 4 is 0 Å². The molecule has 0 atom stereocenters. The molecule has 0 radical (unpaired) electrons. The van der Waals surface area contributed by atoms with Crippen molar-refractivity contribution < 1.29 is 0 Å². The lowest BCUT2D eigenvalue weighted by Gasteiger charge is -2.05. The van der Waals surface area contributed by atoms with Crippen LogP contribution in [0.3, 0.4) is 0 Å². The zero-order valence-corrected chi connectivity index (χ0v) is 6.58. The van der Waals surface area contributed by atoms with Gasteiger partial charge in [-0.2, -0.15) is 0 Å².